The minimum Gasteiger partial charge on any atom is -0.303 e. The number of benzene rings is 1. The number of hydrogen-bond donors (Lipinski definition) is 0. The predicted octanol–water partition coefficient (Wildman–Crippen LogP) is 3.20. The molecule has 1 aliphatic heterocycles. The van der Waals surface area contributed by atoms with Crippen LogP contribution in [0, 0.1) is 0 Å². The second-order valence-electron chi connectivity index (χ2n) is 6.98. The van der Waals surface area contributed by atoms with Crippen molar-refractivity contribution in [2.45, 2.75) is 35.4 Å². The van der Waals surface area contributed by atoms with Crippen LogP contribution in [0.3, 0.4) is 0 Å². The number of thioether (sulfide) groups is 1. The third-order valence-corrected chi connectivity index (χ3v) is 8.64. The number of carbonyl (C=O) groups excluding carboxylic acids is 1. The van der Waals surface area contributed by atoms with Crippen molar-refractivity contribution in [3.8, 4) is 0 Å². The van der Waals surface area contributed by atoms with Crippen molar-refractivity contribution in [2.75, 3.05) is 12.3 Å². The summed E-state index contributed by atoms with van der Waals surface area (Å²) in [5, 5.41) is 11.6. The van der Waals surface area contributed by atoms with Crippen LogP contribution in [0.5, 0.6) is 0 Å². The molecule has 0 saturated heterocycles. The van der Waals surface area contributed by atoms with E-state index in [1.54, 1.807) is 29.5 Å². The van der Waals surface area contributed by atoms with E-state index < -0.39 is 15.9 Å². The van der Waals surface area contributed by atoms with Crippen molar-refractivity contribution < 1.29 is 13.2 Å². The van der Waals surface area contributed by atoms with Gasteiger partial charge in [-0.05, 0) is 36.4 Å². The van der Waals surface area contributed by atoms with Gasteiger partial charge in [-0.1, -0.05) is 30.0 Å². The third kappa shape index (κ3) is 3.38. The summed E-state index contributed by atoms with van der Waals surface area (Å²) in [7, 11) is -3.76. The Hall–Kier alpha value is -2.17. The van der Waals surface area contributed by atoms with Gasteiger partial charge in [-0.2, -0.15) is 0 Å². The van der Waals surface area contributed by atoms with Crippen molar-refractivity contribution in [3.63, 3.8) is 0 Å². The zero-order chi connectivity index (χ0) is 20.0. The minimum atomic E-state index is -3.76. The Morgan fingerprint density at radius 1 is 1.14 bits per heavy atom. The summed E-state index contributed by atoms with van der Waals surface area (Å²) in [5.74, 6) is 0.918. The van der Waals surface area contributed by atoms with Crippen LogP contribution in [0.15, 0.2) is 51.8 Å². The molecule has 150 valence electrons. The maximum absolute atomic E-state index is 12.7. The zero-order valence-electron chi connectivity index (χ0n) is 15.4. The van der Waals surface area contributed by atoms with Crippen LogP contribution in [0.1, 0.15) is 39.9 Å². The summed E-state index contributed by atoms with van der Waals surface area (Å²) < 4.78 is 28.5. The lowest BCUT2D eigenvalue weighted by atomic mass is 10.2. The topological polar surface area (TPSA) is 85.2 Å². The first-order valence-electron chi connectivity index (χ1n) is 9.31. The molecule has 1 saturated carbocycles. The molecule has 0 N–H and O–H groups in total. The highest BCUT2D eigenvalue weighted by molar-refractivity contribution is 7.99. The van der Waals surface area contributed by atoms with E-state index in [-0.39, 0.29) is 17.0 Å². The average Bonchev–Trinajstić information content (AvgIpc) is 3.20. The maximum Gasteiger partial charge on any atom is 0.269 e. The predicted molar refractivity (Wildman–Crippen MR) is 111 cm³/mol. The Balaban J connectivity index is 1.30. The second kappa shape index (κ2) is 7.26. The molecular formula is C19H18N4O3S3. The molecule has 1 aromatic carbocycles. The second-order valence-corrected chi connectivity index (χ2v) is 10.9. The van der Waals surface area contributed by atoms with E-state index in [1.807, 2.05) is 11.4 Å². The van der Waals surface area contributed by atoms with Gasteiger partial charge >= 0.3 is 0 Å². The van der Waals surface area contributed by atoms with Crippen LogP contribution in [-0.4, -0.2) is 45.7 Å². The standard InChI is InChI=1S/C19H18N4O3S3/c24-18-15-5-1-2-6-16(15)29(25,26)22(18)9-11-28-19-21-20-17(23(19)13-7-8-13)12-14-4-3-10-27-14/h1-6,10,13H,7-9,11-12H2. The van der Waals surface area contributed by atoms with E-state index in [9.17, 15) is 13.2 Å². The van der Waals surface area contributed by atoms with Gasteiger partial charge in [0, 0.05) is 29.6 Å². The van der Waals surface area contributed by atoms with Gasteiger partial charge in [0.05, 0.1) is 5.56 Å². The van der Waals surface area contributed by atoms with Gasteiger partial charge in [-0.3, -0.25) is 4.79 Å². The number of sulfonamides is 1. The summed E-state index contributed by atoms with van der Waals surface area (Å²) in [6.45, 7) is 0.109. The van der Waals surface area contributed by atoms with Crippen LogP contribution >= 0.6 is 23.1 Å². The summed E-state index contributed by atoms with van der Waals surface area (Å²) in [6.07, 6.45) is 2.96. The number of amides is 1. The number of nitrogens with zero attached hydrogens (tertiary/aromatic N) is 4. The molecule has 0 bridgehead atoms. The molecule has 3 aromatic rings. The van der Waals surface area contributed by atoms with Crippen molar-refractivity contribution in [2.24, 2.45) is 0 Å². The zero-order valence-corrected chi connectivity index (χ0v) is 17.8. The molecule has 0 radical (unpaired) electrons. The summed E-state index contributed by atoms with van der Waals surface area (Å²) in [4.78, 5) is 13.9. The van der Waals surface area contributed by atoms with Crippen molar-refractivity contribution in [1.29, 1.82) is 0 Å². The molecule has 2 aromatic heterocycles. The number of rotatable bonds is 7. The highest BCUT2D eigenvalue weighted by Gasteiger charge is 2.40. The molecule has 0 unspecified atom stereocenters. The highest BCUT2D eigenvalue weighted by atomic mass is 32.2. The average molecular weight is 447 g/mol. The summed E-state index contributed by atoms with van der Waals surface area (Å²) in [5.41, 5.74) is 0.247. The van der Waals surface area contributed by atoms with Gasteiger partial charge < -0.3 is 4.57 Å². The van der Waals surface area contributed by atoms with Gasteiger partial charge in [0.15, 0.2) is 5.16 Å². The molecule has 29 heavy (non-hydrogen) atoms. The third-order valence-electron chi connectivity index (χ3n) is 5.00. The number of carbonyl (C=O) groups is 1. The van der Waals surface area contributed by atoms with Gasteiger partial charge in [-0.15, -0.1) is 21.5 Å². The Labute approximate surface area is 176 Å². The first-order chi connectivity index (χ1) is 14.1. The normalized spacial score (nSPS) is 17.7. The Morgan fingerprint density at radius 2 is 1.97 bits per heavy atom. The van der Waals surface area contributed by atoms with Crippen molar-refractivity contribution >= 4 is 39.0 Å². The van der Waals surface area contributed by atoms with E-state index >= 15 is 0 Å². The van der Waals surface area contributed by atoms with Crippen LogP contribution < -0.4 is 0 Å². The van der Waals surface area contributed by atoms with Gasteiger partial charge in [0.1, 0.15) is 10.7 Å². The molecule has 10 heteroatoms. The van der Waals surface area contributed by atoms with Crippen LogP contribution in [0.2, 0.25) is 0 Å². The molecule has 5 rings (SSSR count). The SMILES string of the molecule is O=C1c2ccccc2S(=O)(=O)N1CCSc1nnc(Cc2cccs2)n1C1CC1. The van der Waals surface area contributed by atoms with E-state index in [2.05, 4.69) is 20.8 Å². The fourth-order valence-corrected chi connectivity index (χ4v) is 6.80. The smallest absolute Gasteiger partial charge is 0.269 e. The highest BCUT2D eigenvalue weighted by Crippen LogP contribution is 2.39. The molecule has 1 amide bonds. The lowest BCUT2D eigenvalue weighted by molar-refractivity contribution is 0.0876. The van der Waals surface area contributed by atoms with Gasteiger partial charge in [-0.25, -0.2) is 12.7 Å². The fraction of sp³-hybridized carbons (Fsp3) is 0.316. The summed E-state index contributed by atoms with van der Waals surface area (Å²) >= 11 is 3.15. The van der Waals surface area contributed by atoms with E-state index in [0.29, 0.717) is 11.8 Å². The summed E-state index contributed by atoms with van der Waals surface area (Å²) in [6, 6.07) is 10.9. The number of fused-ring (bicyclic) bond motifs is 1. The Morgan fingerprint density at radius 3 is 2.69 bits per heavy atom. The lowest BCUT2D eigenvalue weighted by Gasteiger charge is -2.15. The van der Waals surface area contributed by atoms with E-state index in [0.717, 1.165) is 34.5 Å². The molecule has 0 atom stereocenters. The minimum absolute atomic E-state index is 0.0920. The van der Waals surface area contributed by atoms with Crippen LogP contribution in [-0.2, 0) is 16.4 Å². The van der Waals surface area contributed by atoms with E-state index in [4.69, 9.17) is 0 Å². The van der Waals surface area contributed by atoms with Crippen LogP contribution in [0.4, 0.5) is 0 Å². The quantitative estimate of drug-likeness (QED) is 0.518. The maximum atomic E-state index is 12.7. The van der Waals surface area contributed by atoms with Gasteiger partial charge in [0.2, 0.25) is 0 Å². The molecule has 3 heterocycles. The van der Waals surface area contributed by atoms with Crippen LogP contribution in [0.25, 0.3) is 0 Å². The van der Waals surface area contributed by atoms with Crippen molar-refractivity contribution in [3.05, 3.63) is 58.0 Å². The number of hydrogen-bond acceptors (Lipinski definition) is 7. The monoisotopic (exact) mass is 446 g/mol. The Kier molecular flexibility index (Phi) is 4.72. The van der Waals surface area contributed by atoms with Crippen molar-refractivity contribution in [1.82, 2.24) is 19.1 Å². The molecule has 1 fully saturated rings. The molecule has 7 nitrogen and oxygen atoms in total. The van der Waals surface area contributed by atoms with Gasteiger partial charge in [0.25, 0.3) is 15.9 Å². The number of aromatic nitrogens is 3. The largest absolute Gasteiger partial charge is 0.303 e. The molecular weight excluding hydrogens is 428 g/mol. The van der Waals surface area contributed by atoms with E-state index in [1.165, 1.54) is 22.7 Å². The molecule has 0 spiro atoms. The molecule has 1 aliphatic carbocycles. The lowest BCUT2D eigenvalue weighted by Crippen LogP contribution is -2.32. The number of thiophene rings is 1. The fourth-order valence-electron chi connectivity index (χ4n) is 3.47. The first kappa shape index (κ1) is 18.8. The molecule has 2 aliphatic rings. The first-order valence-corrected chi connectivity index (χ1v) is 12.6. The Bertz CT molecular complexity index is 1170.